The third-order valence-electron chi connectivity index (χ3n) is 5.03. The van der Waals surface area contributed by atoms with Crippen LogP contribution in [0.25, 0.3) is 0 Å². The fourth-order valence-corrected chi connectivity index (χ4v) is 2.59. The van der Waals surface area contributed by atoms with E-state index in [-0.39, 0.29) is 12.1 Å². The Morgan fingerprint density at radius 2 is 2.11 bits per heavy atom. The molecule has 1 amide bonds. The Morgan fingerprint density at radius 1 is 1.41 bits per heavy atom. The topological polar surface area (TPSA) is 104 Å². The van der Waals surface area contributed by atoms with Gasteiger partial charge in [0.25, 0.3) is 0 Å². The highest BCUT2D eigenvalue weighted by atomic mass is 16.6. The zero-order chi connectivity index (χ0) is 20.2. The molecule has 0 saturated carbocycles. The van der Waals surface area contributed by atoms with Crippen molar-refractivity contribution in [3.8, 4) is 0 Å². The van der Waals surface area contributed by atoms with Crippen molar-refractivity contribution in [2.75, 3.05) is 26.2 Å². The molecular formula is C18H30BN3O5. The lowest BCUT2D eigenvalue weighted by atomic mass is 9.77. The van der Waals surface area contributed by atoms with Gasteiger partial charge in [0.05, 0.1) is 29.5 Å². The summed E-state index contributed by atoms with van der Waals surface area (Å²) in [6.07, 6.45) is 1.23. The Hall–Kier alpha value is -1.68. The number of aromatic nitrogens is 1. The summed E-state index contributed by atoms with van der Waals surface area (Å²) in [5.41, 5.74) is -0.809. The molecular weight excluding hydrogens is 349 g/mol. The molecule has 2 heterocycles. The van der Waals surface area contributed by atoms with Crippen molar-refractivity contribution in [3.63, 3.8) is 0 Å². The standard InChI is InChI=1S/C18H30BN3O5/c1-6-26-16(23)22-10-9-20-15(12-22)14-8-7-13(11-21-14)19(25)27-18(4,5)17(2,3)24/h7-8,11,15,20,24-25H,6,9-10,12H2,1-5H3/t15-/m1/s1. The molecule has 1 atom stereocenters. The van der Waals surface area contributed by atoms with Gasteiger partial charge in [0.2, 0.25) is 0 Å². The summed E-state index contributed by atoms with van der Waals surface area (Å²) < 4.78 is 10.7. The molecule has 1 saturated heterocycles. The first-order valence-electron chi connectivity index (χ1n) is 9.24. The number of hydrogen-bond donors (Lipinski definition) is 3. The molecule has 27 heavy (non-hydrogen) atoms. The molecule has 0 bridgehead atoms. The molecule has 150 valence electrons. The van der Waals surface area contributed by atoms with Crippen LogP contribution in [0.5, 0.6) is 0 Å². The average molecular weight is 379 g/mol. The first-order valence-corrected chi connectivity index (χ1v) is 9.24. The van der Waals surface area contributed by atoms with Gasteiger partial charge in [0, 0.05) is 31.3 Å². The molecule has 1 aromatic rings. The van der Waals surface area contributed by atoms with Crippen LogP contribution in [0.1, 0.15) is 46.4 Å². The average Bonchev–Trinajstić information content (AvgIpc) is 2.61. The number of carbonyl (C=O) groups is 1. The normalized spacial score (nSPS) is 18.3. The van der Waals surface area contributed by atoms with Gasteiger partial charge in [-0.3, -0.25) is 4.98 Å². The van der Waals surface area contributed by atoms with Crippen LogP contribution in [0.2, 0.25) is 0 Å². The monoisotopic (exact) mass is 379 g/mol. The quantitative estimate of drug-likeness (QED) is 0.616. The van der Waals surface area contributed by atoms with E-state index >= 15 is 0 Å². The summed E-state index contributed by atoms with van der Waals surface area (Å²) in [5, 5.41) is 23.8. The molecule has 0 unspecified atom stereocenters. The second-order valence-corrected chi connectivity index (χ2v) is 7.71. The number of pyridine rings is 1. The summed E-state index contributed by atoms with van der Waals surface area (Å²) in [6.45, 7) is 10.5. The molecule has 2 rings (SSSR count). The molecule has 0 spiro atoms. The van der Waals surface area contributed by atoms with Crippen LogP contribution in [-0.2, 0) is 9.39 Å². The molecule has 1 aromatic heterocycles. The Morgan fingerprint density at radius 3 is 2.67 bits per heavy atom. The molecule has 0 radical (unpaired) electrons. The Bertz CT molecular complexity index is 633. The van der Waals surface area contributed by atoms with Gasteiger partial charge in [-0.15, -0.1) is 0 Å². The largest absolute Gasteiger partial charge is 0.493 e. The summed E-state index contributed by atoms with van der Waals surface area (Å²) in [5.74, 6) is 0. The Kier molecular flexibility index (Phi) is 6.85. The molecule has 3 N–H and O–H groups in total. The summed E-state index contributed by atoms with van der Waals surface area (Å²) in [7, 11) is -1.21. The number of hydrogen-bond acceptors (Lipinski definition) is 7. The zero-order valence-electron chi connectivity index (χ0n) is 16.7. The molecule has 1 fully saturated rings. The summed E-state index contributed by atoms with van der Waals surface area (Å²) >= 11 is 0. The summed E-state index contributed by atoms with van der Waals surface area (Å²) in [4.78, 5) is 18.0. The van der Waals surface area contributed by atoms with Crippen LogP contribution in [0.3, 0.4) is 0 Å². The SMILES string of the molecule is CCOC(=O)N1CCN[C@@H](c2ccc(B(O)OC(C)(C)C(C)(C)O)cn2)C1. The van der Waals surface area contributed by atoms with Gasteiger partial charge in [-0.1, -0.05) is 6.07 Å². The highest BCUT2D eigenvalue weighted by Crippen LogP contribution is 2.25. The number of amides is 1. The molecule has 1 aliphatic heterocycles. The van der Waals surface area contributed by atoms with Gasteiger partial charge >= 0.3 is 13.2 Å². The van der Waals surface area contributed by atoms with E-state index in [0.717, 1.165) is 5.69 Å². The predicted octanol–water partition coefficient (Wildman–Crippen LogP) is 0.438. The van der Waals surface area contributed by atoms with E-state index in [0.29, 0.717) is 31.7 Å². The van der Waals surface area contributed by atoms with Crippen molar-refractivity contribution in [3.05, 3.63) is 24.0 Å². The number of aliphatic hydroxyl groups is 1. The highest BCUT2D eigenvalue weighted by Gasteiger charge is 2.39. The van der Waals surface area contributed by atoms with Crippen LogP contribution >= 0.6 is 0 Å². The smallest absolute Gasteiger partial charge is 0.450 e. The second-order valence-electron chi connectivity index (χ2n) is 7.71. The van der Waals surface area contributed by atoms with Crippen molar-refractivity contribution in [1.82, 2.24) is 15.2 Å². The predicted molar refractivity (Wildman–Crippen MR) is 103 cm³/mol. The van der Waals surface area contributed by atoms with Crippen molar-refractivity contribution < 1.29 is 24.3 Å². The van der Waals surface area contributed by atoms with Gasteiger partial charge in [-0.2, -0.15) is 0 Å². The lowest BCUT2D eigenvalue weighted by molar-refractivity contribution is -0.0982. The van der Waals surface area contributed by atoms with Crippen molar-refractivity contribution in [2.45, 2.75) is 51.9 Å². The Balaban J connectivity index is 2.03. The van der Waals surface area contributed by atoms with Crippen molar-refractivity contribution in [1.29, 1.82) is 0 Å². The molecule has 1 aliphatic rings. The van der Waals surface area contributed by atoms with Gasteiger partial charge in [0.15, 0.2) is 0 Å². The second kappa shape index (κ2) is 8.56. The van der Waals surface area contributed by atoms with E-state index in [4.69, 9.17) is 9.39 Å². The fourth-order valence-electron chi connectivity index (χ4n) is 2.59. The van der Waals surface area contributed by atoms with E-state index in [2.05, 4.69) is 10.3 Å². The maximum atomic E-state index is 11.9. The third-order valence-corrected chi connectivity index (χ3v) is 5.03. The van der Waals surface area contributed by atoms with E-state index in [1.165, 1.54) is 0 Å². The van der Waals surface area contributed by atoms with Crippen molar-refractivity contribution in [2.24, 2.45) is 0 Å². The molecule has 9 heteroatoms. The lowest BCUT2D eigenvalue weighted by Gasteiger charge is -2.38. The van der Waals surface area contributed by atoms with Crippen LogP contribution < -0.4 is 10.8 Å². The highest BCUT2D eigenvalue weighted by molar-refractivity contribution is 6.60. The summed E-state index contributed by atoms with van der Waals surface area (Å²) in [6, 6.07) is 3.42. The van der Waals surface area contributed by atoms with E-state index < -0.39 is 18.3 Å². The number of piperazine rings is 1. The minimum absolute atomic E-state index is 0.108. The van der Waals surface area contributed by atoms with Crippen LogP contribution in [0.4, 0.5) is 4.79 Å². The van der Waals surface area contributed by atoms with Crippen LogP contribution in [0, 0.1) is 0 Å². The minimum Gasteiger partial charge on any atom is -0.450 e. The van der Waals surface area contributed by atoms with E-state index in [1.807, 2.05) is 0 Å². The van der Waals surface area contributed by atoms with Gasteiger partial charge < -0.3 is 29.7 Å². The first-order chi connectivity index (χ1) is 12.5. The van der Waals surface area contributed by atoms with E-state index in [1.54, 1.807) is 57.8 Å². The number of ether oxygens (including phenoxy) is 1. The fraction of sp³-hybridized carbons (Fsp3) is 0.667. The number of nitrogens with zero attached hydrogens (tertiary/aromatic N) is 2. The van der Waals surface area contributed by atoms with Crippen molar-refractivity contribution >= 4 is 18.7 Å². The van der Waals surface area contributed by atoms with Gasteiger partial charge in [-0.25, -0.2) is 4.79 Å². The van der Waals surface area contributed by atoms with Crippen LogP contribution in [0.15, 0.2) is 18.3 Å². The minimum atomic E-state index is -1.21. The van der Waals surface area contributed by atoms with E-state index in [9.17, 15) is 14.9 Å². The number of carbonyl (C=O) groups excluding carboxylic acids is 1. The zero-order valence-corrected chi connectivity index (χ0v) is 16.7. The molecule has 0 aromatic carbocycles. The third kappa shape index (κ3) is 5.41. The number of nitrogens with one attached hydrogen (secondary N) is 1. The maximum absolute atomic E-state index is 11.9. The Labute approximate surface area is 161 Å². The number of rotatable bonds is 6. The van der Waals surface area contributed by atoms with Gasteiger partial charge in [0.1, 0.15) is 0 Å². The maximum Gasteiger partial charge on any atom is 0.493 e. The van der Waals surface area contributed by atoms with Gasteiger partial charge in [-0.05, 0) is 40.7 Å². The first kappa shape index (κ1) is 21.6. The lowest BCUT2D eigenvalue weighted by Crippen LogP contribution is -2.53. The molecule has 8 nitrogen and oxygen atoms in total. The van der Waals surface area contributed by atoms with Crippen LogP contribution in [-0.4, -0.2) is 70.7 Å². The molecule has 0 aliphatic carbocycles.